The lowest BCUT2D eigenvalue weighted by molar-refractivity contribution is -0.125. The van der Waals surface area contributed by atoms with Crippen LogP contribution >= 0.6 is 0 Å². The summed E-state index contributed by atoms with van der Waals surface area (Å²) in [5.41, 5.74) is 1.79. The summed E-state index contributed by atoms with van der Waals surface area (Å²) in [5, 5.41) is 6.82. The molecule has 210 valence electrons. The molecule has 3 aliphatic heterocycles. The monoisotopic (exact) mass is 555 g/mol. The van der Waals surface area contributed by atoms with Crippen molar-refractivity contribution in [2.45, 2.75) is 77.8 Å². The van der Waals surface area contributed by atoms with E-state index in [1.807, 2.05) is 13.8 Å². The number of hydrogen-bond acceptors (Lipinski definition) is 6. The minimum absolute atomic E-state index is 0.102. The van der Waals surface area contributed by atoms with Gasteiger partial charge < -0.3 is 10.6 Å². The summed E-state index contributed by atoms with van der Waals surface area (Å²) in [6, 6.07) is 2.36. The average Bonchev–Trinajstić information content (AvgIpc) is 3.33. The average molecular weight is 556 g/mol. The summed E-state index contributed by atoms with van der Waals surface area (Å²) in [7, 11) is -3.73. The lowest BCUT2D eigenvalue weighted by Gasteiger charge is -2.34. The molecule has 3 fully saturated rings. The zero-order valence-corrected chi connectivity index (χ0v) is 23.8. The molecule has 1 aromatic carbocycles. The molecule has 0 radical (unpaired) electrons. The molecule has 10 nitrogen and oxygen atoms in total. The Labute approximate surface area is 230 Å². The van der Waals surface area contributed by atoms with Gasteiger partial charge in [0.15, 0.2) is 0 Å². The zero-order valence-electron chi connectivity index (χ0n) is 23.0. The molecule has 1 aromatic rings. The number of amidine groups is 1. The molecule has 4 aliphatic rings. The van der Waals surface area contributed by atoms with E-state index >= 15 is 0 Å². The molecule has 3 heterocycles. The molecule has 1 atom stereocenters. The Morgan fingerprint density at radius 3 is 2.18 bits per heavy atom. The van der Waals surface area contributed by atoms with Crippen molar-refractivity contribution < 1.29 is 22.8 Å². The van der Waals surface area contributed by atoms with Crippen LogP contribution in [0.5, 0.6) is 0 Å². The van der Waals surface area contributed by atoms with Crippen LogP contribution in [-0.2, 0) is 19.6 Å². The second-order valence-electron chi connectivity index (χ2n) is 11.5. The number of carbonyl (C=O) groups excluding carboxylic acids is 3. The van der Waals surface area contributed by atoms with Gasteiger partial charge in [0.1, 0.15) is 17.4 Å². The Kier molecular flexibility index (Phi) is 7.17. The van der Waals surface area contributed by atoms with Gasteiger partial charge in [-0.15, -0.1) is 0 Å². The van der Waals surface area contributed by atoms with Crippen LogP contribution in [0.4, 0.5) is 10.5 Å². The Morgan fingerprint density at radius 2 is 1.62 bits per heavy atom. The quantitative estimate of drug-likeness (QED) is 0.539. The number of imide groups is 1. The van der Waals surface area contributed by atoms with Gasteiger partial charge in [0.25, 0.3) is 11.8 Å². The van der Waals surface area contributed by atoms with Crippen molar-refractivity contribution in [3.05, 3.63) is 34.2 Å². The fourth-order valence-electron chi connectivity index (χ4n) is 6.15. The summed E-state index contributed by atoms with van der Waals surface area (Å²) in [6.45, 7) is 7.96. The van der Waals surface area contributed by atoms with Crippen LogP contribution in [0.2, 0.25) is 0 Å². The third-order valence-corrected chi connectivity index (χ3v) is 10.3. The van der Waals surface area contributed by atoms with Crippen molar-refractivity contribution in [3.8, 4) is 0 Å². The molecular weight excluding hydrogens is 518 g/mol. The predicted molar refractivity (Wildman–Crippen MR) is 150 cm³/mol. The largest absolute Gasteiger partial charge is 0.329 e. The summed E-state index contributed by atoms with van der Waals surface area (Å²) >= 11 is 0. The third kappa shape index (κ3) is 5.14. The first kappa shape index (κ1) is 27.5. The van der Waals surface area contributed by atoms with E-state index in [-0.39, 0.29) is 30.8 Å². The summed E-state index contributed by atoms with van der Waals surface area (Å²) in [4.78, 5) is 43.5. The topological polar surface area (TPSA) is 128 Å². The molecule has 0 aromatic heterocycles. The number of benzene rings is 1. The van der Waals surface area contributed by atoms with Crippen molar-refractivity contribution in [3.63, 3.8) is 0 Å². The maximum Gasteiger partial charge on any atom is 0.329 e. The third-order valence-electron chi connectivity index (χ3n) is 8.69. The van der Waals surface area contributed by atoms with Crippen LogP contribution in [0.25, 0.3) is 6.08 Å². The maximum atomic E-state index is 13.2. The normalized spacial score (nSPS) is 27.8. The molecule has 1 aliphatic carbocycles. The second-order valence-corrected chi connectivity index (χ2v) is 13.3. The van der Waals surface area contributed by atoms with Crippen LogP contribution in [0, 0.1) is 25.7 Å². The Morgan fingerprint density at radius 1 is 1.00 bits per heavy atom. The van der Waals surface area contributed by atoms with Gasteiger partial charge in [-0.05, 0) is 87.3 Å². The highest BCUT2D eigenvalue weighted by Gasteiger charge is 2.48. The molecular formula is C28H37N5O5S. The van der Waals surface area contributed by atoms with Crippen LogP contribution in [0.1, 0.15) is 69.1 Å². The van der Waals surface area contributed by atoms with Gasteiger partial charge in [-0.25, -0.2) is 18.1 Å². The van der Waals surface area contributed by atoms with Gasteiger partial charge in [-0.3, -0.25) is 14.6 Å². The number of urea groups is 1. The number of aliphatic imine (C=N–C) groups is 1. The van der Waals surface area contributed by atoms with Gasteiger partial charge in [0, 0.05) is 24.4 Å². The van der Waals surface area contributed by atoms with Gasteiger partial charge in [0.05, 0.1) is 5.69 Å². The van der Waals surface area contributed by atoms with Crippen molar-refractivity contribution in [1.29, 1.82) is 0 Å². The Balaban J connectivity index is 1.27. The zero-order chi connectivity index (χ0) is 28.1. The number of sulfonamides is 1. The number of nitrogens with zero attached hydrogens (tertiary/aromatic N) is 3. The van der Waals surface area contributed by atoms with Crippen LogP contribution in [0.15, 0.2) is 22.5 Å². The Bertz CT molecular complexity index is 1350. The minimum Gasteiger partial charge on any atom is -0.326 e. The number of rotatable bonds is 5. The molecule has 39 heavy (non-hydrogen) atoms. The van der Waals surface area contributed by atoms with Crippen molar-refractivity contribution >= 4 is 45.5 Å². The number of amides is 4. The van der Waals surface area contributed by atoms with Crippen LogP contribution < -0.4 is 15.5 Å². The molecule has 1 unspecified atom stereocenters. The smallest absolute Gasteiger partial charge is 0.326 e. The van der Waals surface area contributed by atoms with Gasteiger partial charge in [-0.2, -0.15) is 4.31 Å². The number of aryl methyl sites for hydroxylation is 2. The van der Waals surface area contributed by atoms with Crippen LogP contribution in [0.3, 0.4) is 0 Å². The fraction of sp³-hybridized carbons (Fsp3) is 0.571. The first-order valence-electron chi connectivity index (χ1n) is 13.8. The SMILES string of the molecule is Cc1cc(N2C(=O)NC(C)C2=O)cc(C)c1C=CS(=O)(=O)N1CCC2(CC1)N=C(C1CCC(C)CC1)NC2=O. The fourth-order valence-corrected chi connectivity index (χ4v) is 7.32. The highest BCUT2D eigenvalue weighted by Crippen LogP contribution is 2.36. The number of anilines is 1. The molecule has 0 bridgehead atoms. The predicted octanol–water partition coefficient (Wildman–Crippen LogP) is 3.24. The maximum absolute atomic E-state index is 13.2. The molecule has 2 N–H and O–H groups in total. The number of piperidine rings is 1. The summed E-state index contributed by atoms with van der Waals surface area (Å²) < 4.78 is 27.8. The summed E-state index contributed by atoms with van der Waals surface area (Å²) in [6.07, 6.45) is 6.61. The van der Waals surface area contributed by atoms with Gasteiger partial charge in [-0.1, -0.05) is 19.8 Å². The van der Waals surface area contributed by atoms with E-state index in [9.17, 15) is 22.8 Å². The van der Waals surface area contributed by atoms with E-state index in [0.717, 1.165) is 47.5 Å². The highest BCUT2D eigenvalue weighted by atomic mass is 32.2. The number of carbonyl (C=O) groups is 3. The molecule has 1 spiro atoms. The first-order valence-corrected chi connectivity index (χ1v) is 15.3. The van der Waals surface area contributed by atoms with E-state index in [2.05, 4.69) is 17.6 Å². The van der Waals surface area contributed by atoms with Crippen molar-refractivity contribution in [2.75, 3.05) is 18.0 Å². The molecule has 1 saturated carbocycles. The molecule has 2 saturated heterocycles. The van der Waals surface area contributed by atoms with E-state index in [1.54, 1.807) is 25.1 Å². The van der Waals surface area contributed by atoms with Crippen molar-refractivity contribution in [1.82, 2.24) is 14.9 Å². The first-order chi connectivity index (χ1) is 18.4. The number of hydrogen-bond donors (Lipinski definition) is 2. The van der Waals surface area contributed by atoms with Gasteiger partial charge >= 0.3 is 6.03 Å². The standard InChI is InChI=1S/C28H37N5O5S/c1-17-5-7-21(8-6-17)24-30-26(35)28(31-24)10-12-32(13-11-28)39(37,38)14-9-23-18(2)15-22(16-19(23)3)33-25(34)20(4)29-27(33)36/h9,14-17,20-21H,5-8,10-13H2,1-4H3,(H,29,36)(H,30,31,35). The van der Waals surface area contributed by atoms with Crippen molar-refractivity contribution in [2.24, 2.45) is 16.8 Å². The van der Waals surface area contributed by atoms with E-state index in [1.165, 1.54) is 9.71 Å². The summed E-state index contributed by atoms with van der Waals surface area (Å²) in [5.74, 6) is 1.36. The lowest BCUT2D eigenvalue weighted by atomic mass is 9.82. The van der Waals surface area contributed by atoms with E-state index < -0.39 is 27.6 Å². The van der Waals surface area contributed by atoms with Crippen LogP contribution in [-0.4, -0.2) is 61.1 Å². The highest BCUT2D eigenvalue weighted by molar-refractivity contribution is 7.92. The molecule has 4 amide bonds. The van der Waals surface area contributed by atoms with Gasteiger partial charge in [0.2, 0.25) is 10.0 Å². The molecule has 5 rings (SSSR count). The second kappa shape index (κ2) is 10.2. The number of nitrogens with one attached hydrogen (secondary N) is 2. The molecule has 11 heteroatoms. The van der Waals surface area contributed by atoms with E-state index in [4.69, 9.17) is 4.99 Å². The Hall–Kier alpha value is -3.05. The van der Waals surface area contributed by atoms with E-state index in [0.29, 0.717) is 30.0 Å². The lowest BCUT2D eigenvalue weighted by Crippen LogP contribution is -2.50. The minimum atomic E-state index is -3.73.